The Morgan fingerprint density at radius 2 is 2.03 bits per heavy atom. The van der Waals surface area contributed by atoms with Crippen LogP contribution in [0.1, 0.15) is 56.7 Å². The van der Waals surface area contributed by atoms with Crippen LogP contribution in [0.4, 0.5) is 5.82 Å². The number of hydrogen-bond acceptors (Lipinski definition) is 6. The minimum Gasteiger partial charge on any atom is -0.369 e. The highest BCUT2D eigenvalue weighted by Gasteiger charge is 2.33. The molecule has 2 aromatic heterocycles. The summed E-state index contributed by atoms with van der Waals surface area (Å²) in [7, 11) is -3.56. The molecule has 2 aliphatic rings. The molecule has 29 heavy (non-hydrogen) atoms. The quantitative estimate of drug-likeness (QED) is 0.666. The summed E-state index contributed by atoms with van der Waals surface area (Å²) in [5, 5.41) is 4.06. The summed E-state index contributed by atoms with van der Waals surface area (Å²) >= 11 is 1.44. The zero-order valence-electron chi connectivity index (χ0n) is 17.3. The van der Waals surface area contributed by atoms with Crippen LogP contribution >= 0.6 is 11.3 Å². The summed E-state index contributed by atoms with van der Waals surface area (Å²) in [5.74, 6) is 1.22. The van der Waals surface area contributed by atoms with Crippen molar-refractivity contribution in [1.82, 2.24) is 14.3 Å². The van der Waals surface area contributed by atoms with Crippen molar-refractivity contribution in [3.63, 3.8) is 0 Å². The number of nitrogens with one attached hydrogen (secondary N) is 1. The smallest absolute Gasteiger partial charge is 0.244 e. The van der Waals surface area contributed by atoms with Crippen molar-refractivity contribution in [3.05, 3.63) is 22.9 Å². The second kappa shape index (κ2) is 8.70. The fourth-order valence-corrected chi connectivity index (χ4v) is 7.45. The molecule has 1 fully saturated rings. The van der Waals surface area contributed by atoms with Gasteiger partial charge in [0, 0.05) is 24.5 Å². The van der Waals surface area contributed by atoms with Crippen molar-refractivity contribution >= 4 is 37.4 Å². The Hall–Kier alpha value is -1.51. The summed E-state index contributed by atoms with van der Waals surface area (Å²) in [6, 6.07) is 0. The number of nitrogens with zero attached hydrogens (tertiary/aromatic N) is 3. The van der Waals surface area contributed by atoms with Crippen LogP contribution in [0.15, 0.2) is 22.9 Å². The number of rotatable bonds is 6. The number of thiophene rings is 1. The Kier molecular flexibility index (Phi) is 6.22. The van der Waals surface area contributed by atoms with E-state index in [2.05, 4.69) is 28.3 Å². The van der Waals surface area contributed by atoms with E-state index in [0.29, 0.717) is 35.1 Å². The number of fused-ring (bicyclic) bond motifs is 1. The van der Waals surface area contributed by atoms with Crippen LogP contribution in [0.3, 0.4) is 0 Å². The van der Waals surface area contributed by atoms with E-state index in [1.54, 1.807) is 4.31 Å². The molecule has 0 unspecified atom stereocenters. The maximum atomic E-state index is 13.5. The molecule has 1 aliphatic heterocycles. The van der Waals surface area contributed by atoms with Gasteiger partial charge in [-0.1, -0.05) is 18.6 Å². The van der Waals surface area contributed by atoms with Gasteiger partial charge in [0.15, 0.2) is 0 Å². The Labute approximate surface area is 177 Å². The van der Waals surface area contributed by atoms with Gasteiger partial charge in [-0.15, -0.1) is 11.3 Å². The Bertz CT molecular complexity index is 1010. The summed E-state index contributed by atoms with van der Waals surface area (Å²) in [5.41, 5.74) is 1.49. The minimum absolute atomic E-state index is 0.395. The van der Waals surface area contributed by atoms with Crippen LogP contribution in [-0.2, 0) is 10.0 Å². The van der Waals surface area contributed by atoms with Crippen molar-refractivity contribution in [2.24, 2.45) is 5.92 Å². The first-order valence-corrected chi connectivity index (χ1v) is 12.9. The largest absolute Gasteiger partial charge is 0.369 e. The standard InChI is InChI=1S/C21H30N4O2S2/c1-15-9-12-25(13-10-15)29(26,27)19-16(2)28-21-18(19)20(23-14-24-21)22-11-8-17-6-4-3-5-7-17/h6,14-15H,3-5,7-13H2,1-2H3,(H,22,23,24). The van der Waals surface area contributed by atoms with E-state index in [1.165, 1.54) is 48.9 Å². The zero-order chi connectivity index (χ0) is 20.4. The van der Waals surface area contributed by atoms with Crippen LogP contribution in [0.2, 0.25) is 0 Å². The third-order valence-corrected chi connectivity index (χ3v) is 9.29. The highest BCUT2D eigenvalue weighted by atomic mass is 32.2. The lowest BCUT2D eigenvalue weighted by molar-refractivity contribution is 0.288. The van der Waals surface area contributed by atoms with Gasteiger partial charge in [0.2, 0.25) is 10.0 Å². The molecule has 0 bridgehead atoms. The molecule has 0 spiro atoms. The van der Waals surface area contributed by atoms with Crippen LogP contribution in [0.5, 0.6) is 0 Å². The SMILES string of the molecule is Cc1sc2ncnc(NCCC3=CCCCC3)c2c1S(=O)(=O)N1CCC(C)CC1. The number of piperidine rings is 1. The topological polar surface area (TPSA) is 75.2 Å². The van der Waals surface area contributed by atoms with Gasteiger partial charge in [-0.25, -0.2) is 18.4 Å². The monoisotopic (exact) mass is 434 g/mol. The molecule has 1 aliphatic carbocycles. The summed E-state index contributed by atoms with van der Waals surface area (Å²) in [6.07, 6.45) is 11.6. The maximum absolute atomic E-state index is 13.5. The van der Waals surface area contributed by atoms with Crippen LogP contribution in [0, 0.1) is 12.8 Å². The first-order valence-electron chi connectivity index (χ1n) is 10.6. The van der Waals surface area contributed by atoms with Gasteiger partial charge >= 0.3 is 0 Å². The van der Waals surface area contributed by atoms with Gasteiger partial charge in [-0.2, -0.15) is 4.31 Å². The Balaban J connectivity index is 1.62. The van der Waals surface area contributed by atoms with E-state index in [9.17, 15) is 8.42 Å². The van der Waals surface area contributed by atoms with E-state index >= 15 is 0 Å². The lowest BCUT2D eigenvalue weighted by atomic mass is 9.97. The average molecular weight is 435 g/mol. The third kappa shape index (κ3) is 4.34. The normalized spacial score (nSPS) is 19.4. The fraction of sp³-hybridized carbons (Fsp3) is 0.619. The second-order valence-corrected chi connectivity index (χ2v) is 11.3. The molecule has 1 N–H and O–H groups in total. The van der Waals surface area contributed by atoms with E-state index in [0.717, 1.165) is 35.5 Å². The average Bonchev–Trinajstić information content (AvgIpc) is 3.06. The van der Waals surface area contributed by atoms with E-state index < -0.39 is 10.0 Å². The summed E-state index contributed by atoms with van der Waals surface area (Å²) in [4.78, 5) is 10.7. The minimum atomic E-state index is -3.56. The van der Waals surface area contributed by atoms with Crippen molar-refractivity contribution in [2.75, 3.05) is 25.0 Å². The van der Waals surface area contributed by atoms with E-state index in [1.807, 2.05) is 6.92 Å². The lowest BCUT2D eigenvalue weighted by Gasteiger charge is -2.29. The molecule has 0 amide bonds. The van der Waals surface area contributed by atoms with E-state index in [4.69, 9.17) is 0 Å². The van der Waals surface area contributed by atoms with Gasteiger partial charge in [-0.3, -0.25) is 0 Å². The molecule has 0 aromatic carbocycles. The number of allylic oxidation sites excluding steroid dienone is 1. The van der Waals surface area contributed by atoms with Gasteiger partial charge in [0.05, 0.1) is 5.39 Å². The van der Waals surface area contributed by atoms with Gasteiger partial charge < -0.3 is 5.32 Å². The Morgan fingerprint density at radius 3 is 2.76 bits per heavy atom. The molecule has 4 rings (SSSR count). The molecule has 8 heteroatoms. The van der Waals surface area contributed by atoms with E-state index in [-0.39, 0.29) is 0 Å². The second-order valence-electron chi connectivity index (χ2n) is 8.26. The van der Waals surface area contributed by atoms with Crippen molar-refractivity contribution < 1.29 is 8.42 Å². The molecule has 158 valence electrons. The predicted octanol–water partition coefficient (Wildman–Crippen LogP) is 4.72. The van der Waals surface area contributed by atoms with Crippen molar-refractivity contribution in [2.45, 2.75) is 63.7 Å². The molecule has 3 heterocycles. The fourth-order valence-electron chi connectivity index (χ4n) is 4.29. The molecule has 0 radical (unpaired) electrons. The number of hydrogen-bond donors (Lipinski definition) is 1. The van der Waals surface area contributed by atoms with Crippen molar-refractivity contribution in [1.29, 1.82) is 0 Å². The first kappa shape index (κ1) is 20.8. The van der Waals surface area contributed by atoms with Crippen LogP contribution in [-0.4, -0.2) is 42.3 Å². The molecule has 2 aromatic rings. The predicted molar refractivity (Wildman–Crippen MR) is 119 cm³/mol. The number of sulfonamides is 1. The lowest BCUT2D eigenvalue weighted by Crippen LogP contribution is -2.38. The number of aromatic nitrogens is 2. The van der Waals surface area contributed by atoms with Crippen molar-refractivity contribution in [3.8, 4) is 0 Å². The van der Waals surface area contributed by atoms with Gasteiger partial charge in [-0.05, 0) is 57.8 Å². The summed E-state index contributed by atoms with van der Waals surface area (Å²) in [6.45, 7) is 6.00. The molecule has 0 saturated carbocycles. The molecular weight excluding hydrogens is 404 g/mol. The number of anilines is 1. The first-order chi connectivity index (χ1) is 14.0. The zero-order valence-corrected chi connectivity index (χ0v) is 18.9. The van der Waals surface area contributed by atoms with Crippen LogP contribution < -0.4 is 5.32 Å². The Morgan fingerprint density at radius 1 is 1.24 bits per heavy atom. The maximum Gasteiger partial charge on any atom is 0.244 e. The summed E-state index contributed by atoms with van der Waals surface area (Å²) < 4.78 is 28.7. The molecular formula is C21H30N4O2S2. The molecule has 0 atom stereocenters. The number of aryl methyl sites for hydroxylation is 1. The highest BCUT2D eigenvalue weighted by molar-refractivity contribution is 7.89. The van der Waals surface area contributed by atoms with Gasteiger partial charge in [0.1, 0.15) is 21.9 Å². The highest BCUT2D eigenvalue weighted by Crippen LogP contribution is 2.39. The van der Waals surface area contributed by atoms with Crippen LogP contribution in [0.25, 0.3) is 10.2 Å². The molecule has 1 saturated heterocycles. The third-order valence-electron chi connectivity index (χ3n) is 6.07. The molecule has 6 nitrogen and oxygen atoms in total. The van der Waals surface area contributed by atoms with Gasteiger partial charge in [0.25, 0.3) is 0 Å².